The number of fused-ring (bicyclic) bond motifs is 1. The van der Waals surface area contributed by atoms with Gasteiger partial charge in [-0.1, -0.05) is 34.1 Å². The number of nitrogens with zero attached hydrogens (tertiary/aromatic N) is 2. The minimum absolute atomic E-state index is 0.00768. The highest BCUT2D eigenvalue weighted by molar-refractivity contribution is 9.10. The maximum Gasteiger partial charge on any atom is 0.273 e. The highest BCUT2D eigenvalue weighted by Gasteiger charge is 2.42. The number of phenolic OH excluding ortho intramolecular Hbond substituents is 1. The van der Waals surface area contributed by atoms with Gasteiger partial charge in [-0.05, 0) is 55.2 Å². The fourth-order valence-electron chi connectivity index (χ4n) is 4.01. The molecule has 4 rings (SSSR count). The second-order valence-electron chi connectivity index (χ2n) is 7.37. The molecule has 3 N–H and O–H groups in total. The number of phenols is 1. The van der Waals surface area contributed by atoms with Crippen LogP contribution < -0.4 is 0 Å². The van der Waals surface area contributed by atoms with E-state index in [4.69, 9.17) is 0 Å². The molecule has 0 bridgehead atoms. The lowest BCUT2D eigenvalue weighted by molar-refractivity contribution is 0.0732. The third-order valence-electron chi connectivity index (χ3n) is 5.31. The maximum atomic E-state index is 13.1. The number of nitrogens with one attached hydrogen (secondary N) is 1. The van der Waals surface area contributed by atoms with E-state index in [1.807, 2.05) is 50.2 Å². The van der Waals surface area contributed by atoms with Gasteiger partial charge in [-0.3, -0.25) is 9.89 Å². The number of aromatic hydroxyl groups is 1. The summed E-state index contributed by atoms with van der Waals surface area (Å²) in [6, 6.07) is 11.3. The predicted octanol–water partition coefficient (Wildman–Crippen LogP) is 4.09. The molecule has 6 nitrogen and oxygen atoms in total. The van der Waals surface area contributed by atoms with Crippen LogP contribution in [0.5, 0.6) is 5.75 Å². The van der Waals surface area contributed by atoms with Crippen LogP contribution in [-0.2, 0) is 0 Å². The van der Waals surface area contributed by atoms with Gasteiger partial charge in [0.05, 0.1) is 6.04 Å². The number of halogens is 1. The van der Waals surface area contributed by atoms with E-state index in [1.54, 1.807) is 4.90 Å². The zero-order valence-electron chi connectivity index (χ0n) is 16.2. The summed E-state index contributed by atoms with van der Waals surface area (Å²) < 4.78 is 0.951. The van der Waals surface area contributed by atoms with E-state index in [1.165, 1.54) is 0 Å². The molecule has 150 valence electrons. The van der Waals surface area contributed by atoms with E-state index < -0.39 is 0 Å². The van der Waals surface area contributed by atoms with Gasteiger partial charge >= 0.3 is 0 Å². The normalized spacial score (nSPS) is 15.8. The largest absolute Gasteiger partial charge is 0.507 e. The van der Waals surface area contributed by atoms with Gasteiger partial charge in [0.1, 0.15) is 17.1 Å². The molecule has 1 aromatic heterocycles. The zero-order chi connectivity index (χ0) is 20.7. The number of carbonyl (C=O) groups excluding carboxylic acids is 1. The molecule has 0 fully saturated rings. The fourth-order valence-corrected chi connectivity index (χ4v) is 4.27. The Balaban J connectivity index is 1.91. The van der Waals surface area contributed by atoms with Crippen molar-refractivity contribution in [2.75, 3.05) is 13.2 Å². The quantitative estimate of drug-likeness (QED) is 0.540. The molecule has 0 aliphatic carbocycles. The number of carbonyl (C=O) groups is 1. The van der Waals surface area contributed by atoms with Crippen molar-refractivity contribution in [1.29, 1.82) is 0 Å². The van der Waals surface area contributed by atoms with Gasteiger partial charge in [-0.2, -0.15) is 5.10 Å². The van der Waals surface area contributed by atoms with Crippen LogP contribution >= 0.6 is 15.9 Å². The minimum atomic E-state index is -0.342. The van der Waals surface area contributed by atoms with E-state index in [9.17, 15) is 15.0 Å². The molecular weight excluding hydrogens is 434 g/mol. The number of hydrogen-bond donors (Lipinski definition) is 3. The first-order chi connectivity index (χ1) is 13.9. The number of aromatic nitrogens is 2. The van der Waals surface area contributed by atoms with E-state index in [0.29, 0.717) is 29.9 Å². The summed E-state index contributed by atoms with van der Waals surface area (Å²) in [6.07, 6.45) is 0.487. The molecule has 0 saturated heterocycles. The number of amides is 1. The molecule has 29 heavy (non-hydrogen) atoms. The third kappa shape index (κ3) is 3.34. The molecule has 0 unspecified atom stereocenters. The summed E-state index contributed by atoms with van der Waals surface area (Å²) in [7, 11) is 0. The Kier molecular flexibility index (Phi) is 5.19. The van der Waals surface area contributed by atoms with Crippen molar-refractivity contribution in [3.05, 3.63) is 68.8 Å². The lowest BCUT2D eigenvalue weighted by atomic mass is 9.94. The van der Waals surface area contributed by atoms with Crippen molar-refractivity contribution in [3.8, 4) is 17.0 Å². The number of aryl methyl sites for hydroxylation is 2. The lowest BCUT2D eigenvalue weighted by Gasteiger charge is -2.26. The molecule has 2 heterocycles. The van der Waals surface area contributed by atoms with Crippen molar-refractivity contribution in [3.63, 3.8) is 0 Å². The van der Waals surface area contributed by atoms with E-state index >= 15 is 0 Å². The lowest BCUT2D eigenvalue weighted by Crippen LogP contribution is -2.31. The van der Waals surface area contributed by atoms with Crippen molar-refractivity contribution >= 4 is 21.8 Å². The first-order valence-electron chi connectivity index (χ1n) is 9.48. The number of H-pyrrole nitrogens is 1. The van der Waals surface area contributed by atoms with Crippen LogP contribution in [0.25, 0.3) is 11.3 Å². The molecule has 3 aromatic rings. The topological polar surface area (TPSA) is 89.5 Å². The van der Waals surface area contributed by atoms with Crippen molar-refractivity contribution in [2.45, 2.75) is 26.3 Å². The van der Waals surface area contributed by atoms with Crippen LogP contribution in [0.15, 0.2) is 40.9 Å². The van der Waals surface area contributed by atoms with Gasteiger partial charge in [0.25, 0.3) is 5.91 Å². The van der Waals surface area contributed by atoms with Gasteiger partial charge in [0.2, 0.25) is 0 Å². The average Bonchev–Trinajstić information content (AvgIpc) is 3.23. The number of rotatable bonds is 5. The Bertz CT molecular complexity index is 1080. The first kappa shape index (κ1) is 19.7. The first-order valence-corrected chi connectivity index (χ1v) is 10.3. The van der Waals surface area contributed by atoms with Gasteiger partial charge in [0, 0.05) is 28.8 Å². The standard InChI is InChI=1S/C22H22BrN3O3/c1-12-10-13(2)21(28)16(11-12)18-17-19(25-24-18)22(29)26(8-3-9-27)20(17)14-4-6-15(23)7-5-14/h4-7,10-11,20,27-28H,3,8-9H2,1-2H3,(H,24,25)/t20-/m0/s1. The minimum Gasteiger partial charge on any atom is -0.507 e. The third-order valence-corrected chi connectivity index (χ3v) is 5.84. The van der Waals surface area contributed by atoms with Gasteiger partial charge < -0.3 is 15.1 Å². The van der Waals surface area contributed by atoms with Gasteiger partial charge in [0.15, 0.2) is 0 Å². The molecule has 7 heteroatoms. The Hall–Kier alpha value is -2.64. The van der Waals surface area contributed by atoms with Crippen LogP contribution in [0.1, 0.15) is 45.2 Å². The molecular formula is C22H22BrN3O3. The molecule has 2 aromatic carbocycles. The number of aliphatic hydroxyl groups is 1. The fraction of sp³-hybridized carbons (Fsp3) is 0.273. The second-order valence-corrected chi connectivity index (χ2v) is 8.28. The van der Waals surface area contributed by atoms with Crippen LogP contribution in [0.4, 0.5) is 0 Å². The summed E-state index contributed by atoms with van der Waals surface area (Å²) in [5.74, 6) is 0.0182. The Morgan fingerprint density at radius 2 is 1.93 bits per heavy atom. The number of benzene rings is 2. The SMILES string of the molecule is Cc1cc(C)c(O)c(-c2n[nH]c3c2[C@H](c2ccc(Br)cc2)N(CCCO)C3=O)c1. The van der Waals surface area contributed by atoms with E-state index in [2.05, 4.69) is 26.1 Å². The summed E-state index contributed by atoms with van der Waals surface area (Å²) in [5.41, 5.74) is 5.10. The van der Waals surface area contributed by atoms with Crippen molar-refractivity contribution < 1.29 is 15.0 Å². The second kappa shape index (κ2) is 7.65. The molecule has 0 radical (unpaired) electrons. The Morgan fingerprint density at radius 3 is 2.62 bits per heavy atom. The summed E-state index contributed by atoms with van der Waals surface area (Å²) in [6.45, 7) is 4.25. The van der Waals surface area contributed by atoms with Crippen LogP contribution in [0, 0.1) is 13.8 Å². The average molecular weight is 456 g/mol. The van der Waals surface area contributed by atoms with Gasteiger partial charge in [-0.25, -0.2) is 0 Å². The molecule has 0 saturated carbocycles. The maximum absolute atomic E-state index is 13.1. The summed E-state index contributed by atoms with van der Waals surface area (Å²) in [5, 5.41) is 27.3. The highest BCUT2D eigenvalue weighted by atomic mass is 79.9. The molecule has 1 amide bonds. The zero-order valence-corrected chi connectivity index (χ0v) is 17.8. The number of aromatic amines is 1. The number of aliphatic hydroxyl groups excluding tert-OH is 1. The van der Waals surface area contributed by atoms with Crippen molar-refractivity contribution in [2.24, 2.45) is 0 Å². The van der Waals surface area contributed by atoms with Crippen LogP contribution in [-0.4, -0.2) is 44.4 Å². The summed E-state index contributed by atoms with van der Waals surface area (Å²) >= 11 is 3.46. The molecule has 0 spiro atoms. The number of hydrogen-bond acceptors (Lipinski definition) is 4. The van der Waals surface area contributed by atoms with E-state index in [0.717, 1.165) is 26.7 Å². The smallest absolute Gasteiger partial charge is 0.273 e. The monoisotopic (exact) mass is 455 g/mol. The van der Waals surface area contributed by atoms with Crippen LogP contribution in [0.3, 0.4) is 0 Å². The predicted molar refractivity (Wildman–Crippen MR) is 114 cm³/mol. The van der Waals surface area contributed by atoms with Crippen LogP contribution in [0.2, 0.25) is 0 Å². The Labute approximate surface area is 177 Å². The summed E-state index contributed by atoms with van der Waals surface area (Å²) in [4.78, 5) is 14.9. The molecule has 1 aliphatic heterocycles. The molecule has 1 atom stereocenters. The highest BCUT2D eigenvalue weighted by Crippen LogP contribution is 2.45. The van der Waals surface area contributed by atoms with Gasteiger partial charge in [-0.15, -0.1) is 0 Å². The Morgan fingerprint density at radius 1 is 1.21 bits per heavy atom. The molecule has 1 aliphatic rings. The van der Waals surface area contributed by atoms with Crippen molar-refractivity contribution in [1.82, 2.24) is 15.1 Å². The van der Waals surface area contributed by atoms with E-state index in [-0.39, 0.29) is 24.3 Å².